The molecule has 0 aliphatic carbocycles. The minimum absolute atomic E-state index is 0.0299. The molecule has 2 nitrogen and oxygen atoms in total. The zero-order valence-electron chi connectivity index (χ0n) is 6.93. The molecule has 0 spiro atoms. The monoisotopic (exact) mass is 173 g/mol. The number of aryl methyl sites for hydroxylation is 1. The summed E-state index contributed by atoms with van der Waals surface area (Å²) in [7, 11) is 0. The molecule has 1 aromatic rings. The SMILES string of the molecule is CC.Cc1ccc(O)c(Cl)n1. The highest BCUT2D eigenvalue weighted by molar-refractivity contribution is 6.30. The zero-order valence-corrected chi connectivity index (χ0v) is 7.68. The first-order valence-electron chi connectivity index (χ1n) is 3.52. The third-order valence-corrected chi connectivity index (χ3v) is 1.25. The fraction of sp³-hybridized carbons (Fsp3) is 0.375. The standard InChI is InChI=1S/C6H6ClNO.C2H6/c1-4-2-3-5(9)6(7)8-4;1-2/h2-3,9H,1H3;1-2H3. The summed E-state index contributed by atoms with van der Waals surface area (Å²) >= 11 is 5.45. The van der Waals surface area contributed by atoms with Crippen LogP contribution < -0.4 is 0 Å². The van der Waals surface area contributed by atoms with Gasteiger partial charge in [0.05, 0.1) is 0 Å². The first-order chi connectivity index (χ1) is 5.20. The van der Waals surface area contributed by atoms with Crippen molar-refractivity contribution in [1.29, 1.82) is 0 Å². The molecule has 0 fully saturated rings. The number of hydrogen-bond acceptors (Lipinski definition) is 2. The van der Waals surface area contributed by atoms with E-state index in [2.05, 4.69) is 4.98 Å². The summed E-state index contributed by atoms with van der Waals surface area (Å²) in [4.78, 5) is 3.79. The van der Waals surface area contributed by atoms with E-state index in [0.717, 1.165) is 5.69 Å². The van der Waals surface area contributed by atoms with Gasteiger partial charge in [-0.2, -0.15) is 0 Å². The van der Waals surface area contributed by atoms with Gasteiger partial charge in [-0.3, -0.25) is 0 Å². The van der Waals surface area contributed by atoms with E-state index < -0.39 is 0 Å². The number of halogens is 1. The van der Waals surface area contributed by atoms with Crippen molar-refractivity contribution in [3.8, 4) is 5.75 Å². The van der Waals surface area contributed by atoms with Gasteiger partial charge in [-0.15, -0.1) is 0 Å². The van der Waals surface area contributed by atoms with Gasteiger partial charge in [-0.25, -0.2) is 4.98 Å². The maximum Gasteiger partial charge on any atom is 0.171 e. The molecule has 62 valence electrons. The van der Waals surface area contributed by atoms with E-state index in [9.17, 15) is 0 Å². The second-order valence-corrected chi connectivity index (χ2v) is 2.12. The van der Waals surface area contributed by atoms with Crippen molar-refractivity contribution >= 4 is 11.6 Å². The van der Waals surface area contributed by atoms with Crippen molar-refractivity contribution in [2.45, 2.75) is 20.8 Å². The van der Waals surface area contributed by atoms with Crippen molar-refractivity contribution in [2.24, 2.45) is 0 Å². The Balaban J connectivity index is 0.000000461. The normalized spacial score (nSPS) is 8.36. The summed E-state index contributed by atoms with van der Waals surface area (Å²) in [6, 6.07) is 3.21. The third-order valence-electron chi connectivity index (χ3n) is 0.968. The fourth-order valence-electron chi connectivity index (χ4n) is 0.518. The number of nitrogens with zero attached hydrogens (tertiary/aromatic N) is 1. The number of aromatic hydroxyl groups is 1. The molecule has 1 heterocycles. The van der Waals surface area contributed by atoms with E-state index in [0.29, 0.717) is 0 Å². The molecule has 0 unspecified atom stereocenters. The molecule has 0 saturated heterocycles. The Kier molecular flexibility index (Phi) is 4.62. The highest BCUT2D eigenvalue weighted by Crippen LogP contribution is 2.18. The van der Waals surface area contributed by atoms with E-state index in [1.807, 2.05) is 20.8 Å². The lowest BCUT2D eigenvalue weighted by Gasteiger charge is -1.94. The van der Waals surface area contributed by atoms with Gasteiger partial charge in [-0.05, 0) is 19.1 Å². The Morgan fingerprint density at radius 3 is 2.27 bits per heavy atom. The second-order valence-electron chi connectivity index (χ2n) is 1.76. The lowest BCUT2D eigenvalue weighted by molar-refractivity contribution is 0.472. The molecule has 0 aromatic carbocycles. The molecule has 0 radical (unpaired) electrons. The van der Waals surface area contributed by atoms with Gasteiger partial charge < -0.3 is 5.11 Å². The molecule has 0 saturated carbocycles. The Morgan fingerprint density at radius 2 is 1.91 bits per heavy atom. The lowest BCUT2D eigenvalue weighted by atomic mass is 10.4. The molecule has 1 aromatic heterocycles. The summed E-state index contributed by atoms with van der Waals surface area (Å²) in [5.41, 5.74) is 0.804. The highest BCUT2D eigenvalue weighted by atomic mass is 35.5. The van der Waals surface area contributed by atoms with Crippen LogP contribution in [0.25, 0.3) is 0 Å². The largest absolute Gasteiger partial charge is 0.505 e. The lowest BCUT2D eigenvalue weighted by Crippen LogP contribution is -1.79. The van der Waals surface area contributed by atoms with Crippen molar-refractivity contribution in [3.63, 3.8) is 0 Å². The summed E-state index contributed by atoms with van der Waals surface area (Å²) < 4.78 is 0. The molecule has 0 amide bonds. The molecule has 0 atom stereocenters. The second kappa shape index (κ2) is 4.97. The Hall–Kier alpha value is -0.760. The predicted molar refractivity (Wildman–Crippen MR) is 47.0 cm³/mol. The van der Waals surface area contributed by atoms with E-state index in [-0.39, 0.29) is 10.9 Å². The molecule has 0 bridgehead atoms. The highest BCUT2D eigenvalue weighted by Gasteiger charge is 1.95. The number of pyridine rings is 1. The minimum atomic E-state index is 0.0299. The van der Waals surface area contributed by atoms with Crippen molar-refractivity contribution < 1.29 is 5.11 Å². The summed E-state index contributed by atoms with van der Waals surface area (Å²) in [6.07, 6.45) is 0. The van der Waals surface area contributed by atoms with Crippen LogP contribution in [0.15, 0.2) is 12.1 Å². The van der Waals surface area contributed by atoms with Gasteiger partial charge in [0.2, 0.25) is 0 Å². The van der Waals surface area contributed by atoms with Gasteiger partial charge >= 0.3 is 0 Å². The first-order valence-corrected chi connectivity index (χ1v) is 3.90. The van der Waals surface area contributed by atoms with Crippen LogP contribution in [0.1, 0.15) is 19.5 Å². The van der Waals surface area contributed by atoms with Crippen LogP contribution in [0.3, 0.4) is 0 Å². The average molecular weight is 174 g/mol. The van der Waals surface area contributed by atoms with Crippen LogP contribution >= 0.6 is 11.6 Å². The molecular formula is C8H12ClNO. The van der Waals surface area contributed by atoms with Gasteiger partial charge in [0.1, 0.15) is 0 Å². The maximum atomic E-state index is 8.85. The fourth-order valence-corrected chi connectivity index (χ4v) is 0.714. The maximum absolute atomic E-state index is 8.85. The topological polar surface area (TPSA) is 33.1 Å². The van der Waals surface area contributed by atoms with E-state index in [1.54, 1.807) is 6.07 Å². The number of rotatable bonds is 0. The predicted octanol–water partition coefficient (Wildman–Crippen LogP) is 2.78. The molecule has 0 aliphatic heterocycles. The quantitative estimate of drug-likeness (QED) is 0.612. The first kappa shape index (κ1) is 10.2. The number of aromatic nitrogens is 1. The van der Waals surface area contributed by atoms with Crippen molar-refractivity contribution in [3.05, 3.63) is 23.0 Å². The Bertz CT molecular complexity index is 225. The van der Waals surface area contributed by atoms with Crippen molar-refractivity contribution in [2.75, 3.05) is 0 Å². The Morgan fingerprint density at radius 1 is 1.36 bits per heavy atom. The molecule has 11 heavy (non-hydrogen) atoms. The average Bonchev–Trinajstić information content (AvgIpc) is 2.02. The molecule has 1 N–H and O–H groups in total. The smallest absolute Gasteiger partial charge is 0.171 e. The van der Waals surface area contributed by atoms with Crippen LogP contribution in [-0.2, 0) is 0 Å². The van der Waals surface area contributed by atoms with Crippen LogP contribution in [0, 0.1) is 6.92 Å². The molecule has 0 aliphatic rings. The van der Waals surface area contributed by atoms with Crippen LogP contribution in [-0.4, -0.2) is 10.1 Å². The summed E-state index contributed by atoms with van der Waals surface area (Å²) in [5, 5.41) is 9.01. The van der Waals surface area contributed by atoms with Crippen LogP contribution in [0.5, 0.6) is 5.75 Å². The minimum Gasteiger partial charge on any atom is -0.505 e. The molecule has 3 heteroatoms. The van der Waals surface area contributed by atoms with Gasteiger partial charge in [0, 0.05) is 5.69 Å². The Labute approximate surface area is 71.8 Å². The molecular weight excluding hydrogens is 162 g/mol. The number of hydrogen-bond donors (Lipinski definition) is 1. The molecule has 1 rings (SSSR count). The van der Waals surface area contributed by atoms with E-state index in [4.69, 9.17) is 16.7 Å². The van der Waals surface area contributed by atoms with Crippen LogP contribution in [0.4, 0.5) is 0 Å². The summed E-state index contributed by atoms with van der Waals surface area (Å²) in [5.74, 6) is 0.0299. The van der Waals surface area contributed by atoms with E-state index >= 15 is 0 Å². The summed E-state index contributed by atoms with van der Waals surface area (Å²) in [6.45, 7) is 5.81. The van der Waals surface area contributed by atoms with E-state index in [1.165, 1.54) is 6.07 Å². The van der Waals surface area contributed by atoms with Gasteiger partial charge in [-0.1, -0.05) is 25.4 Å². The van der Waals surface area contributed by atoms with Crippen LogP contribution in [0.2, 0.25) is 5.15 Å². The zero-order chi connectivity index (χ0) is 8.85. The third kappa shape index (κ3) is 3.23. The van der Waals surface area contributed by atoms with Gasteiger partial charge in [0.25, 0.3) is 0 Å². The van der Waals surface area contributed by atoms with Crippen molar-refractivity contribution in [1.82, 2.24) is 4.98 Å². The van der Waals surface area contributed by atoms with Gasteiger partial charge in [0.15, 0.2) is 10.9 Å².